The van der Waals surface area contributed by atoms with Crippen molar-refractivity contribution in [2.45, 2.75) is 55.6 Å². The minimum atomic E-state index is -4.45. The summed E-state index contributed by atoms with van der Waals surface area (Å²) < 4.78 is 61.7. The first-order valence-electron chi connectivity index (χ1n) is 13.8. The fraction of sp³-hybridized carbons (Fsp3) is 0.500. The van der Waals surface area contributed by atoms with Crippen LogP contribution in [0.25, 0.3) is 28.1 Å². The number of hydrogen-bond donors (Lipinski definition) is 5. The maximum Gasteiger partial charge on any atom is 0.386 e. The molecule has 46 heavy (non-hydrogen) atoms. The van der Waals surface area contributed by atoms with Crippen molar-refractivity contribution in [2.24, 2.45) is 0 Å². The van der Waals surface area contributed by atoms with Gasteiger partial charge in [0.05, 0.1) is 25.9 Å². The fourth-order valence-electron chi connectivity index (χ4n) is 5.72. The van der Waals surface area contributed by atoms with E-state index in [1.165, 1.54) is 58.9 Å². The van der Waals surface area contributed by atoms with Gasteiger partial charge >= 0.3 is 6.80 Å². The number of nitrogens with one attached hydrogen (secondary N) is 1. The number of thiol groups is 1. The Kier molecular flexibility index (Phi) is 7.65. The average molecular weight is 683 g/mol. The average Bonchev–Trinajstić information content (AvgIpc) is 3.85. The molecule has 0 spiro atoms. The van der Waals surface area contributed by atoms with E-state index in [0.29, 0.717) is 11.2 Å². The molecule has 2 saturated heterocycles. The SMILES string of the molecule is CO[C@H]1[C@H](n2cnc3c(N)ncnc32)O[C@](C)(COP(=O)(S)O[C@@H]2[C@H](F)[C@@H](CO)O[C@H]2n2cnc3c(=O)n4cc[nH]c4nc32)[C@H]1O. The van der Waals surface area contributed by atoms with Crippen molar-refractivity contribution in [2.75, 3.05) is 26.1 Å². The Morgan fingerprint density at radius 2 is 1.91 bits per heavy atom. The molecule has 5 N–H and O–H groups in total. The molecule has 22 heteroatoms. The van der Waals surface area contributed by atoms with Crippen LogP contribution in [0.5, 0.6) is 0 Å². The van der Waals surface area contributed by atoms with Crippen molar-refractivity contribution in [3.05, 3.63) is 41.7 Å². The second-order valence-corrected chi connectivity index (χ2v) is 13.8. The quantitative estimate of drug-likeness (QED) is 0.102. The molecular formula is C24H28FN10O9PS. The summed E-state index contributed by atoms with van der Waals surface area (Å²) in [4.78, 5) is 36.5. The molecule has 246 valence electrons. The van der Waals surface area contributed by atoms with E-state index in [0.717, 1.165) is 0 Å². The van der Waals surface area contributed by atoms with Gasteiger partial charge in [-0.2, -0.15) is 4.98 Å². The van der Waals surface area contributed by atoms with E-state index in [-0.39, 0.29) is 22.8 Å². The number of rotatable bonds is 9. The molecule has 7 heterocycles. The number of ether oxygens (including phenoxy) is 3. The number of alkyl halides is 1. The number of aliphatic hydroxyl groups excluding tert-OH is 2. The summed E-state index contributed by atoms with van der Waals surface area (Å²) >= 11 is 4.07. The van der Waals surface area contributed by atoms with Gasteiger partial charge in [0.25, 0.3) is 5.56 Å². The number of nitrogens with zero attached hydrogens (tertiary/aromatic N) is 8. The largest absolute Gasteiger partial charge is 0.394 e. The number of anilines is 1. The number of H-pyrrole nitrogens is 1. The Labute approximate surface area is 262 Å². The Morgan fingerprint density at radius 1 is 1.17 bits per heavy atom. The van der Waals surface area contributed by atoms with Gasteiger partial charge in [0.2, 0.25) is 5.78 Å². The van der Waals surface area contributed by atoms with Crippen molar-refractivity contribution in [1.29, 1.82) is 0 Å². The van der Waals surface area contributed by atoms with Crippen molar-refractivity contribution < 1.29 is 42.4 Å². The molecule has 5 aromatic heterocycles. The molecule has 5 aromatic rings. The molecular weight excluding hydrogens is 654 g/mol. The van der Waals surface area contributed by atoms with Gasteiger partial charge in [0, 0.05) is 19.5 Å². The maximum atomic E-state index is 15.6. The zero-order valence-electron chi connectivity index (χ0n) is 24.0. The molecule has 0 amide bonds. The van der Waals surface area contributed by atoms with Gasteiger partial charge in [-0.3, -0.25) is 27.4 Å². The first kappa shape index (κ1) is 31.1. The van der Waals surface area contributed by atoms with Crippen LogP contribution >= 0.6 is 19.0 Å². The summed E-state index contributed by atoms with van der Waals surface area (Å²) in [6.45, 7) is -4.25. The highest BCUT2D eigenvalue weighted by Gasteiger charge is 2.55. The van der Waals surface area contributed by atoms with Crippen LogP contribution in [-0.2, 0) is 27.8 Å². The first-order chi connectivity index (χ1) is 22.0. The monoisotopic (exact) mass is 682 g/mol. The van der Waals surface area contributed by atoms with Crippen LogP contribution in [0, 0.1) is 0 Å². The molecule has 2 aliphatic heterocycles. The second-order valence-electron chi connectivity index (χ2n) is 10.9. The molecule has 0 bridgehead atoms. The summed E-state index contributed by atoms with van der Waals surface area (Å²) in [6.07, 6.45) is -2.90. The van der Waals surface area contributed by atoms with Crippen LogP contribution in [0.1, 0.15) is 19.4 Å². The van der Waals surface area contributed by atoms with Crippen LogP contribution in [0.3, 0.4) is 0 Å². The molecule has 0 aromatic carbocycles. The summed E-state index contributed by atoms with van der Waals surface area (Å²) in [5.41, 5.74) is 4.47. The first-order valence-corrected chi connectivity index (χ1v) is 16.5. The minimum absolute atomic E-state index is 0.0254. The van der Waals surface area contributed by atoms with Crippen molar-refractivity contribution in [1.82, 2.24) is 43.4 Å². The summed E-state index contributed by atoms with van der Waals surface area (Å²) in [5, 5.41) is 21.0. The van der Waals surface area contributed by atoms with Crippen LogP contribution in [0.4, 0.5) is 10.2 Å². The van der Waals surface area contributed by atoms with E-state index in [9.17, 15) is 19.6 Å². The van der Waals surface area contributed by atoms with Crippen LogP contribution in [-0.4, -0.2) is 110 Å². The predicted molar refractivity (Wildman–Crippen MR) is 157 cm³/mol. The van der Waals surface area contributed by atoms with Crippen molar-refractivity contribution >= 4 is 53.0 Å². The number of nitrogens with two attached hydrogens (primary N) is 1. The molecule has 9 atom stereocenters. The highest BCUT2D eigenvalue weighted by atomic mass is 32.7. The number of methoxy groups -OCH3 is 1. The van der Waals surface area contributed by atoms with Gasteiger partial charge < -0.3 is 35.1 Å². The fourth-order valence-corrected chi connectivity index (χ4v) is 7.23. The van der Waals surface area contributed by atoms with Gasteiger partial charge in [-0.15, -0.1) is 0 Å². The van der Waals surface area contributed by atoms with E-state index in [2.05, 4.69) is 42.2 Å². The lowest BCUT2D eigenvalue weighted by Gasteiger charge is -2.30. The number of aliphatic hydroxyl groups is 2. The van der Waals surface area contributed by atoms with Gasteiger partial charge in [-0.25, -0.2) is 28.9 Å². The minimum Gasteiger partial charge on any atom is -0.394 e. The number of aromatic amines is 1. The lowest BCUT2D eigenvalue weighted by atomic mass is 9.98. The number of imidazole rings is 3. The number of hydrogen-bond acceptors (Lipinski definition) is 15. The highest BCUT2D eigenvalue weighted by Crippen LogP contribution is 2.58. The van der Waals surface area contributed by atoms with Crippen molar-refractivity contribution in [3.8, 4) is 0 Å². The molecule has 19 nitrogen and oxygen atoms in total. The maximum absolute atomic E-state index is 15.6. The van der Waals surface area contributed by atoms with E-state index in [4.69, 9.17) is 29.0 Å². The molecule has 7 rings (SSSR count). The van der Waals surface area contributed by atoms with E-state index < -0.39 is 74.2 Å². The van der Waals surface area contributed by atoms with Crippen LogP contribution in [0.15, 0.2) is 36.2 Å². The molecule has 0 radical (unpaired) electrons. The standard InChI is InChI=1S/C24H28FN10O9PS/c1-24(16(37)15(40-2)22(43-24)34-8-30-12-17(26)28-7-29-18(12)34)6-41-45(39,46)44-14-11(25)10(5-36)42-21(14)35-9-31-13-19(35)32-23-27-3-4-33(23)20(13)38/h3-4,7-11,14-16,21-22,36-37H,5-6H2,1-2H3,(H,27,32)(H,39,46)(H2,26,28,29)/t10-,11-,14-,15-,16+,21-,22-,24-,45?/m1/s1. The van der Waals surface area contributed by atoms with Gasteiger partial charge in [0.15, 0.2) is 41.3 Å². The smallest absolute Gasteiger partial charge is 0.386 e. The molecule has 0 saturated carbocycles. The van der Waals surface area contributed by atoms with Gasteiger partial charge in [-0.05, 0) is 6.92 Å². The van der Waals surface area contributed by atoms with Gasteiger partial charge in [-0.1, -0.05) is 12.2 Å². The molecule has 1 unspecified atom stereocenters. The van der Waals surface area contributed by atoms with Crippen LogP contribution < -0.4 is 11.3 Å². The van der Waals surface area contributed by atoms with E-state index >= 15 is 4.39 Å². The van der Waals surface area contributed by atoms with E-state index in [1.807, 2.05) is 0 Å². The topological polar surface area (TPSA) is 241 Å². The van der Waals surface area contributed by atoms with Gasteiger partial charge in [0.1, 0.15) is 41.9 Å². The number of fused-ring (bicyclic) bond motifs is 3. The highest BCUT2D eigenvalue weighted by molar-refractivity contribution is 8.44. The molecule has 2 aliphatic rings. The lowest BCUT2D eigenvalue weighted by molar-refractivity contribution is -0.113. The number of aromatic nitrogens is 9. The zero-order valence-corrected chi connectivity index (χ0v) is 25.8. The molecule has 2 fully saturated rings. The third-order valence-electron chi connectivity index (χ3n) is 8.09. The second kappa shape index (κ2) is 11.3. The van der Waals surface area contributed by atoms with Crippen LogP contribution in [0.2, 0.25) is 0 Å². The Bertz CT molecular complexity index is 2040. The van der Waals surface area contributed by atoms with Crippen molar-refractivity contribution in [3.63, 3.8) is 0 Å². The summed E-state index contributed by atoms with van der Waals surface area (Å²) in [5.74, 6) is 0.327. The summed E-state index contributed by atoms with van der Waals surface area (Å²) in [7, 11) is 1.37. The zero-order chi connectivity index (χ0) is 32.5. The number of halogens is 1. The third kappa shape index (κ3) is 4.90. The Balaban J connectivity index is 1.13. The predicted octanol–water partition coefficient (Wildman–Crippen LogP) is 0.125. The Morgan fingerprint density at radius 3 is 2.65 bits per heavy atom. The summed E-state index contributed by atoms with van der Waals surface area (Å²) in [6, 6.07) is 0. The van der Waals surface area contributed by atoms with E-state index in [1.54, 1.807) is 0 Å². The lowest BCUT2D eigenvalue weighted by Crippen LogP contribution is -2.44. The number of nitrogen functional groups attached to an aromatic ring is 1. The molecule has 0 aliphatic carbocycles. The third-order valence-corrected chi connectivity index (χ3v) is 9.69. The normalized spacial score (nSPS) is 31.4. The Hall–Kier alpha value is -3.53.